The zero-order chi connectivity index (χ0) is 37.1. The second-order valence-electron chi connectivity index (χ2n) is 14.5. The Morgan fingerprint density at radius 3 is 1.54 bits per heavy atom. The van der Waals surface area contributed by atoms with Gasteiger partial charge in [0.05, 0.1) is 27.8 Å². The van der Waals surface area contributed by atoms with Gasteiger partial charge in [-0.2, -0.15) is 0 Å². The van der Waals surface area contributed by atoms with Gasteiger partial charge in [-0.1, -0.05) is 170 Å². The molecule has 0 spiro atoms. The van der Waals surface area contributed by atoms with E-state index in [9.17, 15) is 0 Å². The Morgan fingerprint density at radius 2 is 0.875 bits per heavy atom. The first kappa shape index (κ1) is 32.1. The minimum absolute atomic E-state index is 0.605. The Balaban J connectivity index is 1.18. The second kappa shape index (κ2) is 12.9. The average Bonchev–Trinajstić information content (AvgIpc) is 3.78. The summed E-state index contributed by atoms with van der Waals surface area (Å²) in [5.41, 5.74) is 15.3. The smallest absolute Gasteiger partial charge is 0.160 e. The molecule has 0 saturated heterocycles. The third-order valence-electron chi connectivity index (χ3n) is 11.5. The van der Waals surface area contributed by atoms with Gasteiger partial charge in [0.15, 0.2) is 5.82 Å². The van der Waals surface area contributed by atoms with Crippen LogP contribution in [0.25, 0.3) is 72.5 Å². The SMILES string of the molecule is c1ccc(-c2cc(-c3ccccc3)nc(-c3cccc(C4(c5ccc6c(c5)c5ccccc5n6-c5ccccc5)c5ccccc5-c5ccccc54)c3)n2)cc1. The standard InChI is InChI=1S/C53H35N3/c1-4-17-36(18-5-1)48-35-49(37-19-6-2-7-20-37)55-52(54-48)38-21-16-22-39(33-38)53(46-28-13-10-25-42(46)43-26-11-14-29-47(43)53)40-31-32-51-45(34-40)44-27-12-15-30-50(44)56(51)41-23-8-3-9-24-41/h1-35H. The first-order valence-electron chi connectivity index (χ1n) is 19.2. The summed E-state index contributed by atoms with van der Waals surface area (Å²) in [5, 5.41) is 2.46. The van der Waals surface area contributed by atoms with Gasteiger partial charge in [0, 0.05) is 33.2 Å². The predicted molar refractivity (Wildman–Crippen MR) is 230 cm³/mol. The highest BCUT2D eigenvalue weighted by molar-refractivity contribution is 6.10. The number of para-hydroxylation sites is 2. The van der Waals surface area contributed by atoms with Gasteiger partial charge in [0.2, 0.25) is 0 Å². The van der Waals surface area contributed by atoms with Gasteiger partial charge in [-0.15, -0.1) is 0 Å². The second-order valence-corrected chi connectivity index (χ2v) is 14.5. The van der Waals surface area contributed by atoms with Crippen LogP contribution in [0.2, 0.25) is 0 Å². The van der Waals surface area contributed by atoms with Crippen molar-refractivity contribution in [2.45, 2.75) is 5.41 Å². The fourth-order valence-corrected chi connectivity index (χ4v) is 9.07. The van der Waals surface area contributed by atoms with Crippen LogP contribution < -0.4 is 0 Å². The summed E-state index contributed by atoms with van der Waals surface area (Å²) >= 11 is 0. The van der Waals surface area contributed by atoms with Gasteiger partial charge >= 0.3 is 0 Å². The van der Waals surface area contributed by atoms with Crippen LogP contribution in [0.5, 0.6) is 0 Å². The molecule has 1 aliphatic carbocycles. The zero-order valence-electron chi connectivity index (χ0n) is 30.5. The van der Waals surface area contributed by atoms with Crippen LogP contribution in [0, 0.1) is 0 Å². The maximum absolute atomic E-state index is 5.24. The van der Waals surface area contributed by atoms with Crippen molar-refractivity contribution in [3.63, 3.8) is 0 Å². The molecular weight excluding hydrogens is 679 g/mol. The van der Waals surface area contributed by atoms with Gasteiger partial charge in [-0.3, -0.25) is 0 Å². The molecule has 0 saturated carbocycles. The van der Waals surface area contributed by atoms with Crippen LogP contribution >= 0.6 is 0 Å². The van der Waals surface area contributed by atoms with E-state index in [1.165, 1.54) is 55.2 Å². The molecule has 0 N–H and O–H groups in total. The summed E-state index contributed by atoms with van der Waals surface area (Å²) in [4.78, 5) is 10.5. The summed E-state index contributed by atoms with van der Waals surface area (Å²) in [6.45, 7) is 0. The highest BCUT2D eigenvalue weighted by atomic mass is 15.0. The molecule has 0 radical (unpaired) electrons. The first-order chi connectivity index (χ1) is 27.8. The van der Waals surface area contributed by atoms with Gasteiger partial charge in [0.25, 0.3) is 0 Å². The van der Waals surface area contributed by atoms with E-state index in [-0.39, 0.29) is 0 Å². The fraction of sp³-hybridized carbons (Fsp3) is 0.0189. The molecule has 0 fully saturated rings. The minimum atomic E-state index is -0.605. The van der Waals surface area contributed by atoms with E-state index in [0.717, 1.165) is 33.8 Å². The lowest BCUT2D eigenvalue weighted by Crippen LogP contribution is -2.28. The predicted octanol–water partition coefficient (Wildman–Crippen LogP) is 12.9. The number of fused-ring (bicyclic) bond motifs is 6. The van der Waals surface area contributed by atoms with E-state index >= 15 is 0 Å². The summed E-state index contributed by atoms with van der Waals surface area (Å²) in [6, 6.07) is 76.3. The van der Waals surface area contributed by atoms with Gasteiger partial charge in [-0.25, -0.2) is 9.97 Å². The zero-order valence-corrected chi connectivity index (χ0v) is 30.5. The van der Waals surface area contributed by atoms with E-state index in [4.69, 9.17) is 9.97 Å². The third-order valence-corrected chi connectivity index (χ3v) is 11.5. The number of nitrogens with zero attached hydrogens (tertiary/aromatic N) is 3. The van der Waals surface area contributed by atoms with Crippen molar-refractivity contribution in [1.82, 2.24) is 14.5 Å². The third kappa shape index (κ3) is 4.91. The highest BCUT2D eigenvalue weighted by Gasteiger charge is 2.46. The quantitative estimate of drug-likeness (QED) is 0.172. The molecule has 0 atom stereocenters. The Bertz CT molecular complexity index is 2970. The molecule has 1 aliphatic rings. The summed E-state index contributed by atoms with van der Waals surface area (Å²) < 4.78 is 2.39. The number of hydrogen-bond acceptors (Lipinski definition) is 2. The van der Waals surface area contributed by atoms with Gasteiger partial charge in [-0.05, 0) is 75.8 Å². The number of rotatable bonds is 6. The van der Waals surface area contributed by atoms with E-state index in [2.05, 4.69) is 205 Å². The fourth-order valence-electron chi connectivity index (χ4n) is 9.07. The van der Waals surface area contributed by atoms with E-state index in [0.29, 0.717) is 5.82 Å². The Kier molecular flexibility index (Phi) is 7.39. The normalized spacial score (nSPS) is 12.8. The van der Waals surface area contributed by atoms with E-state index < -0.39 is 5.41 Å². The Labute approximate surface area is 325 Å². The molecule has 11 rings (SSSR count). The molecule has 0 bridgehead atoms. The number of benzene rings is 8. The summed E-state index contributed by atoms with van der Waals surface area (Å²) in [6.07, 6.45) is 0. The lowest BCUT2D eigenvalue weighted by Gasteiger charge is -2.34. The summed E-state index contributed by atoms with van der Waals surface area (Å²) in [5.74, 6) is 0.697. The molecule has 2 aromatic heterocycles. The van der Waals surface area contributed by atoms with Crippen molar-refractivity contribution >= 4 is 21.8 Å². The largest absolute Gasteiger partial charge is 0.309 e. The van der Waals surface area contributed by atoms with Crippen LogP contribution in [0.4, 0.5) is 0 Å². The van der Waals surface area contributed by atoms with Crippen LogP contribution in [-0.4, -0.2) is 14.5 Å². The van der Waals surface area contributed by atoms with Crippen LogP contribution in [-0.2, 0) is 5.41 Å². The molecule has 3 heteroatoms. The van der Waals surface area contributed by atoms with Crippen molar-refractivity contribution in [3.05, 3.63) is 235 Å². The number of aromatic nitrogens is 3. The molecule has 0 aliphatic heterocycles. The van der Waals surface area contributed by atoms with Crippen molar-refractivity contribution < 1.29 is 0 Å². The molecule has 0 unspecified atom stereocenters. The van der Waals surface area contributed by atoms with E-state index in [1.54, 1.807) is 0 Å². The topological polar surface area (TPSA) is 30.7 Å². The van der Waals surface area contributed by atoms with Crippen molar-refractivity contribution in [2.75, 3.05) is 0 Å². The highest BCUT2D eigenvalue weighted by Crippen LogP contribution is 2.57. The molecule has 262 valence electrons. The maximum atomic E-state index is 5.24. The summed E-state index contributed by atoms with van der Waals surface area (Å²) in [7, 11) is 0. The Morgan fingerprint density at radius 1 is 0.357 bits per heavy atom. The molecule has 3 nitrogen and oxygen atoms in total. The Hall–Kier alpha value is -7.36. The monoisotopic (exact) mass is 713 g/mol. The molecule has 2 heterocycles. The molecule has 8 aromatic carbocycles. The van der Waals surface area contributed by atoms with Crippen molar-refractivity contribution in [2.24, 2.45) is 0 Å². The first-order valence-corrected chi connectivity index (χ1v) is 19.2. The lowest BCUT2D eigenvalue weighted by atomic mass is 9.67. The molecule has 10 aromatic rings. The maximum Gasteiger partial charge on any atom is 0.160 e. The minimum Gasteiger partial charge on any atom is -0.309 e. The lowest BCUT2D eigenvalue weighted by molar-refractivity contribution is 0.770. The van der Waals surface area contributed by atoms with Crippen molar-refractivity contribution in [3.8, 4) is 50.7 Å². The van der Waals surface area contributed by atoms with E-state index in [1.807, 2.05) is 12.1 Å². The van der Waals surface area contributed by atoms with Crippen LogP contribution in [0.1, 0.15) is 22.3 Å². The molecular formula is C53H35N3. The average molecular weight is 714 g/mol. The van der Waals surface area contributed by atoms with Gasteiger partial charge in [0.1, 0.15) is 0 Å². The van der Waals surface area contributed by atoms with Crippen LogP contribution in [0.15, 0.2) is 212 Å². The number of hydrogen-bond donors (Lipinski definition) is 0. The van der Waals surface area contributed by atoms with Crippen LogP contribution in [0.3, 0.4) is 0 Å². The van der Waals surface area contributed by atoms with Crippen molar-refractivity contribution in [1.29, 1.82) is 0 Å². The van der Waals surface area contributed by atoms with Gasteiger partial charge < -0.3 is 4.57 Å². The molecule has 56 heavy (non-hydrogen) atoms. The molecule has 0 amide bonds.